The maximum absolute atomic E-state index is 11.1. The first-order valence-corrected chi connectivity index (χ1v) is 5.13. The summed E-state index contributed by atoms with van der Waals surface area (Å²) in [7, 11) is 1.42. The van der Waals surface area contributed by atoms with Gasteiger partial charge >= 0.3 is 6.01 Å². The highest BCUT2D eigenvalue weighted by molar-refractivity contribution is 5.89. The van der Waals surface area contributed by atoms with E-state index in [1.807, 2.05) is 4.90 Å². The highest BCUT2D eigenvalue weighted by atomic mass is 16.5. The Morgan fingerprint density at radius 1 is 1.35 bits per heavy atom. The summed E-state index contributed by atoms with van der Waals surface area (Å²) in [6.45, 7) is 2.51. The Kier molecular flexibility index (Phi) is 3.33. The second-order valence-electron chi connectivity index (χ2n) is 3.41. The van der Waals surface area contributed by atoms with Crippen LogP contribution >= 0.6 is 0 Å². The molecule has 2 N–H and O–H groups in total. The zero-order valence-corrected chi connectivity index (χ0v) is 9.42. The standard InChI is InChI=1S/C9H13N5O3/c1-16-9-12-7(6(10)15)11-8(13-9)14-2-4-17-5-3-14/h2-5H2,1H3,(H2,10,15). The summed E-state index contributed by atoms with van der Waals surface area (Å²) in [5.74, 6) is -0.424. The van der Waals surface area contributed by atoms with Crippen molar-refractivity contribution in [1.29, 1.82) is 0 Å². The van der Waals surface area contributed by atoms with Crippen LogP contribution in [-0.4, -0.2) is 54.3 Å². The lowest BCUT2D eigenvalue weighted by molar-refractivity contribution is 0.0988. The molecule has 0 atom stereocenters. The van der Waals surface area contributed by atoms with Crippen molar-refractivity contribution < 1.29 is 14.3 Å². The van der Waals surface area contributed by atoms with E-state index in [1.54, 1.807) is 0 Å². The van der Waals surface area contributed by atoms with Gasteiger partial charge in [0.2, 0.25) is 11.8 Å². The number of anilines is 1. The number of amides is 1. The average Bonchev–Trinajstić information content (AvgIpc) is 2.39. The number of ether oxygens (including phenoxy) is 2. The van der Waals surface area contributed by atoms with Gasteiger partial charge in [0.1, 0.15) is 0 Å². The first-order chi connectivity index (χ1) is 8.20. The molecular formula is C9H13N5O3. The molecule has 2 heterocycles. The van der Waals surface area contributed by atoms with E-state index < -0.39 is 5.91 Å². The van der Waals surface area contributed by atoms with E-state index in [1.165, 1.54) is 7.11 Å². The van der Waals surface area contributed by atoms with Crippen molar-refractivity contribution in [2.75, 3.05) is 38.3 Å². The normalized spacial score (nSPS) is 15.7. The number of primary amides is 1. The van der Waals surface area contributed by atoms with E-state index in [0.717, 1.165) is 0 Å². The molecule has 1 amide bonds. The lowest BCUT2D eigenvalue weighted by Crippen LogP contribution is -2.38. The minimum Gasteiger partial charge on any atom is -0.467 e. The highest BCUT2D eigenvalue weighted by Crippen LogP contribution is 2.13. The molecule has 1 aliphatic rings. The van der Waals surface area contributed by atoms with Gasteiger partial charge in [-0.3, -0.25) is 4.79 Å². The summed E-state index contributed by atoms with van der Waals surface area (Å²) < 4.78 is 10.1. The predicted octanol–water partition coefficient (Wildman–Crippen LogP) is -1.18. The molecule has 0 radical (unpaired) electrons. The van der Waals surface area contributed by atoms with Gasteiger partial charge in [-0.15, -0.1) is 0 Å². The third-order valence-electron chi connectivity index (χ3n) is 2.30. The van der Waals surface area contributed by atoms with Crippen molar-refractivity contribution >= 4 is 11.9 Å². The molecule has 1 aromatic rings. The Morgan fingerprint density at radius 2 is 2.06 bits per heavy atom. The Labute approximate surface area is 97.8 Å². The third kappa shape index (κ3) is 2.59. The van der Waals surface area contributed by atoms with Crippen molar-refractivity contribution in [1.82, 2.24) is 15.0 Å². The van der Waals surface area contributed by atoms with Gasteiger partial charge < -0.3 is 20.1 Å². The zero-order chi connectivity index (χ0) is 12.3. The van der Waals surface area contributed by atoms with Crippen LogP contribution in [0.15, 0.2) is 0 Å². The van der Waals surface area contributed by atoms with E-state index in [9.17, 15) is 4.79 Å². The number of nitrogens with two attached hydrogens (primary N) is 1. The Bertz CT molecular complexity index is 419. The largest absolute Gasteiger partial charge is 0.467 e. The molecule has 1 aromatic heterocycles. The van der Waals surface area contributed by atoms with Crippen LogP contribution in [0.2, 0.25) is 0 Å². The lowest BCUT2D eigenvalue weighted by Gasteiger charge is -2.26. The number of morpholine rings is 1. The number of methoxy groups -OCH3 is 1. The van der Waals surface area contributed by atoms with Gasteiger partial charge in [0.05, 0.1) is 20.3 Å². The summed E-state index contributed by atoms with van der Waals surface area (Å²) in [5, 5.41) is 0. The highest BCUT2D eigenvalue weighted by Gasteiger charge is 2.18. The van der Waals surface area contributed by atoms with Gasteiger partial charge in [0, 0.05) is 13.1 Å². The molecule has 1 fully saturated rings. The van der Waals surface area contributed by atoms with Crippen LogP contribution in [0.3, 0.4) is 0 Å². The second kappa shape index (κ2) is 4.91. The summed E-state index contributed by atoms with van der Waals surface area (Å²) in [6.07, 6.45) is 0. The van der Waals surface area contributed by atoms with E-state index in [2.05, 4.69) is 15.0 Å². The van der Waals surface area contributed by atoms with Crippen LogP contribution in [0.5, 0.6) is 6.01 Å². The fourth-order valence-corrected chi connectivity index (χ4v) is 1.45. The number of carbonyl (C=O) groups is 1. The quantitative estimate of drug-likeness (QED) is 0.707. The van der Waals surface area contributed by atoms with Gasteiger partial charge in [-0.2, -0.15) is 15.0 Å². The second-order valence-corrected chi connectivity index (χ2v) is 3.41. The van der Waals surface area contributed by atoms with Crippen LogP contribution in [0.25, 0.3) is 0 Å². The first kappa shape index (κ1) is 11.5. The molecule has 8 nitrogen and oxygen atoms in total. The minimum absolute atomic E-state index is 0.0790. The lowest BCUT2D eigenvalue weighted by atomic mass is 10.4. The summed E-state index contributed by atoms with van der Waals surface area (Å²) in [5.41, 5.74) is 5.15. The average molecular weight is 239 g/mol. The number of hydrogen-bond acceptors (Lipinski definition) is 7. The first-order valence-electron chi connectivity index (χ1n) is 5.13. The molecule has 0 bridgehead atoms. The van der Waals surface area contributed by atoms with Crippen LogP contribution in [0.4, 0.5) is 5.95 Å². The molecule has 17 heavy (non-hydrogen) atoms. The SMILES string of the molecule is COc1nc(C(N)=O)nc(N2CCOCC2)n1. The van der Waals surface area contributed by atoms with Crippen molar-refractivity contribution in [3.63, 3.8) is 0 Å². The van der Waals surface area contributed by atoms with E-state index in [4.69, 9.17) is 15.2 Å². The third-order valence-corrected chi connectivity index (χ3v) is 2.30. The molecule has 8 heteroatoms. The number of aromatic nitrogens is 3. The molecular weight excluding hydrogens is 226 g/mol. The smallest absolute Gasteiger partial charge is 0.321 e. The fraction of sp³-hybridized carbons (Fsp3) is 0.556. The van der Waals surface area contributed by atoms with Crippen molar-refractivity contribution in [2.24, 2.45) is 5.73 Å². The number of nitrogens with zero attached hydrogens (tertiary/aromatic N) is 4. The fourth-order valence-electron chi connectivity index (χ4n) is 1.45. The molecule has 0 saturated carbocycles. The molecule has 92 valence electrons. The van der Waals surface area contributed by atoms with Crippen molar-refractivity contribution in [3.05, 3.63) is 5.82 Å². The Hall–Kier alpha value is -1.96. The zero-order valence-electron chi connectivity index (χ0n) is 9.42. The summed E-state index contributed by atoms with van der Waals surface area (Å²) >= 11 is 0. The van der Waals surface area contributed by atoms with Gasteiger partial charge in [0.15, 0.2) is 0 Å². The van der Waals surface area contributed by atoms with E-state index in [-0.39, 0.29) is 11.8 Å². The van der Waals surface area contributed by atoms with Gasteiger partial charge in [-0.05, 0) is 0 Å². The van der Waals surface area contributed by atoms with Gasteiger partial charge in [-0.25, -0.2) is 0 Å². The molecule has 0 aliphatic carbocycles. The minimum atomic E-state index is -0.708. The molecule has 0 aromatic carbocycles. The van der Waals surface area contributed by atoms with Gasteiger partial charge in [0.25, 0.3) is 5.91 Å². The maximum atomic E-state index is 11.1. The Morgan fingerprint density at radius 3 is 2.65 bits per heavy atom. The van der Waals surface area contributed by atoms with Crippen LogP contribution in [-0.2, 0) is 4.74 Å². The molecule has 0 unspecified atom stereocenters. The molecule has 2 rings (SSSR count). The monoisotopic (exact) mass is 239 g/mol. The van der Waals surface area contributed by atoms with E-state index >= 15 is 0 Å². The summed E-state index contributed by atoms with van der Waals surface area (Å²) in [4.78, 5) is 24.8. The summed E-state index contributed by atoms with van der Waals surface area (Å²) in [6, 6.07) is 0.0790. The van der Waals surface area contributed by atoms with Crippen LogP contribution in [0.1, 0.15) is 10.6 Å². The van der Waals surface area contributed by atoms with Crippen LogP contribution in [0, 0.1) is 0 Å². The maximum Gasteiger partial charge on any atom is 0.321 e. The molecule has 0 spiro atoms. The topological polar surface area (TPSA) is 103 Å². The Balaban J connectivity index is 2.31. The predicted molar refractivity (Wildman–Crippen MR) is 57.9 cm³/mol. The number of rotatable bonds is 3. The van der Waals surface area contributed by atoms with Crippen molar-refractivity contribution in [3.8, 4) is 6.01 Å². The molecule has 1 aliphatic heterocycles. The number of hydrogen-bond donors (Lipinski definition) is 1. The molecule has 1 saturated heterocycles. The van der Waals surface area contributed by atoms with Crippen LogP contribution < -0.4 is 15.4 Å². The van der Waals surface area contributed by atoms with Gasteiger partial charge in [-0.1, -0.05) is 0 Å². The van der Waals surface area contributed by atoms with Crippen molar-refractivity contribution in [2.45, 2.75) is 0 Å². The number of carbonyl (C=O) groups excluding carboxylic acids is 1. The van der Waals surface area contributed by atoms with E-state index in [0.29, 0.717) is 32.3 Å².